The molecule has 0 fully saturated rings. The lowest BCUT2D eigenvalue weighted by molar-refractivity contribution is -0.113. The molecule has 32 heavy (non-hydrogen) atoms. The minimum atomic E-state index is -0.174. The van der Waals surface area contributed by atoms with Gasteiger partial charge in [-0.15, -0.1) is 10.2 Å². The first kappa shape index (κ1) is 22.1. The molecule has 162 valence electrons. The van der Waals surface area contributed by atoms with Gasteiger partial charge in [-0.1, -0.05) is 35.0 Å². The molecular formula is C22H17Cl2N5O2S. The summed E-state index contributed by atoms with van der Waals surface area (Å²) in [6, 6.07) is 16.1. The van der Waals surface area contributed by atoms with E-state index in [1.165, 1.54) is 11.8 Å². The Balaban J connectivity index is 1.58. The zero-order valence-electron chi connectivity index (χ0n) is 16.8. The van der Waals surface area contributed by atoms with Gasteiger partial charge in [-0.2, -0.15) is 0 Å². The molecule has 0 unspecified atom stereocenters. The predicted octanol–water partition coefficient (Wildman–Crippen LogP) is 5.38. The molecule has 0 spiro atoms. The molecule has 0 saturated heterocycles. The molecule has 1 N–H and O–H groups in total. The van der Waals surface area contributed by atoms with Crippen molar-refractivity contribution in [2.45, 2.75) is 5.16 Å². The smallest absolute Gasteiger partial charge is 0.234 e. The van der Waals surface area contributed by atoms with Gasteiger partial charge in [0, 0.05) is 23.6 Å². The van der Waals surface area contributed by atoms with E-state index in [0.717, 1.165) is 17.0 Å². The summed E-state index contributed by atoms with van der Waals surface area (Å²) in [5, 5.41) is 12.9. The molecular weight excluding hydrogens is 469 g/mol. The number of hydrogen-bond acceptors (Lipinski definition) is 6. The average molecular weight is 486 g/mol. The van der Waals surface area contributed by atoms with E-state index in [0.29, 0.717) is 26.7 Å². The molecule has 7 nitrogen and oxygen atoms in total. The van der Waals surface area contributed by atoms with Crippen molar-refractivity contribution in [2.24, 2.45) is 0 Å². The number of nitrogens with zero attached hydrogens (tertiary/aromatic N) is 4. The molecule has 0 radical (unpaired) electrons. The molecule has 0 aliphatic heterocycles. The van der Waals surface area contributed by atoms with Crippen LogP contribution < -0.4 is 10.1 Å². The first-order valence-corrected chi connectivity index (χ1v) is 11.2. The Hall–Kier alpha value is -3.07. The maximum Gasteiger partial charge on any atom is 0.234 e. The molecule has 2 aromatic carbocycles. The summed E-state index contributed by atoms with van der Waals surface area (Å²) in [6.45, 7) is 0. The Bertz CT molecular complexity index is 1230. The van der Waals surface area contributed by atoms with Crippen LogP contribution in [-0.2, 0) is 4.79 Å². The van der Waals surface area contributed by atoms with Crippen LogP contribution in [0.1, 0.15) is 0 Å². The van der Waals surface area contributed by atoms with E-state index in [-0.39, 0.29) is 11.7 Å². The number of thioether (sulfide) groups is 1. The van der Waals surface area contributed by atoms with Crippen LogP contribution in [0.4, 0.5) is 5.69 Å². The van der Waals surface area contributed by atoms with Crippen LogP contribution >= 0.6 is 35.0 Å². The van der Waals surface area contributed by atoms with Crippen molar-refractivity contribution in [2.75, 3.05) is 18.2 Å². The summed E-state index contributed by atoms with van der Waals surface area (Å²) in [6.07, 6.45) is 3.38. The molecule has 0 aliphatic rings. The summed E-state index contributed by atoms with van der Waals surface area (Å²) in [5.74, 6) is 1.26. The Morgan fingerprint density at radius 2 is 1.91 bits per heavy atom. The first-order chi connectivity index (χ1) is 15.5. The van der Waals surface area contributed by atoms with Gasteiger partial charge in [-0.3, -0.25) is 14.3 Å². The van der Waals surface area contributed by atoms with Gasteiger partial charge in [-0.25, -0.2) is 0 Å². The number of nitrogens with one attached hydrogen (secondary N) is 1. The van der Waals surface area contributed by atoms with Crippen LogP contribution in [-0.4, -0.2) is 38.5 Å². The van der Waals surface area contributed by atoms with Gasteiger partial charge in [0.15, 0.2) is 11.0 Å². The van der Waals surface area contributed by atoms with Gasteiger partial charge in [0.05, 0.1) is 28.6 Å². The molecule has 0 bridgehead atoms. The second-order valence-corrected chi connectivity index (χ2v) is 8.30. The van der Waals surface area contributed by atoms with Gasteiger partial charge in [0.1, 0.15) is 5.75 Å². The molecule has 0 saturated carbocycles. The molecule has 0 atom stereocenters. The number of halogens is 2. The number of amides is 1. The highest BCUT2D eigenvalue weighted by molar-refractivity contribution is 7.99. The number of anilines is 1. The summed E-state index contributed by atoms with van der Waals surface area (Å²) in [4.78, 5) is 16.7. The van der Waals surface area contributed by atoms with Crippen LogP contribution in [0.25, 0.3) is 17.1 Å². The van der Waals surface area contributed by atoms with E-state index in [4.69, 9.17) is 27.9 Å². The van der Waals surface area contributed by atoms with Crippen molar-refractivity contribution in [1.82, 2.24) is 19.7 Å². The van der Waals surface area contributed by atoms with Crippen molar-refractivity contribution < 1.29 is 9.53 Å². The normalized spacial score (nSPS) is 10.7. The standard InChI is InChI=1S/C22H17Cl2N5O2S/c1-31-17-7-4-15(5-8-17)26-20(30)13-32-22-28-27-21(14-3-2-10-25-12-14)29(22)16-6-9-18(23)19(24)11-16/h2-12H,13H2,1H3,(H,26,30). The van der Waals surface area contributed by atoms with Crippen LogP contribution in [0.3, 0.4) is 0 Å². The molecule has 2 aromatic heterocycles. The molecule has 1 amide bonds. The number of rotatable bonds is 7. The minimum Gasteiger partial charge on any atom is -0.497 e. The quantitative estimate of drug-likeness (QED) is 0.354. The second-order valence-electron chi connectivity index (χ2n) is 6.55. The van der Waals surface area contributed by atoms with Crippen molar-refractivity contribution in [3.63, 3.8) is 0 Å². The van der Waals surface area contributed by atoms with Gasteiger partial charge < -0.3 is 10.1 Å². The summed E-state index contributed by atoms with van der Waals surface area (Å²) >= 11 is 13.6. The van der Waals surface area contributed by atoms with E-state index in [2.05, 4.69) is 20.5 Å². The fourth-order valence-electron chi connectivity index (χ4n) is 2.90. The third-order valence-electron chi connectivity index (χ3n) is 4.42. The number of aromatic nitrogens is 4. The van der Waals surface area contributed by atoms with Crippen LogP contribution in [0, 0.1) is 0 Å². The van der Waals surface area contributed by atoms with Gasteiger partial charge >= 0.3 is 0 Å². The number of carbonyl (C=O) groups excluding carboxylic acids is 1. The van der Waals surface area contributed by atoms with E-state index in [1.54, 1.807) is 55.9 Å². The van der Waals surface area contributed by atoms with Crippen molar-refractivity contribution >= 4 is 46.6 Å². The summed E-state index contributed by atoms with van der Waals surface area (Å²) in [5.41, 5.74) is 2.18. The highest BCUT2D eigenvalue weighted by Gasteiger charge is 2.18. The SMILES string of the molecule is COc1ccc(NC(=O)CSc2nnc(-c3cccnc3)n2-c2ccc(Cl)c(Cl)c2)cc1. The summed E-state index contributed by atoms with van der Waals surface area (Å²) < 4.78 is 6.96. The number of pyridine rings is 1. The minimum absolute atomic E-state index is 0.137. The van der Waals surface area contributed by atoms with Gasteiger partial charge in [-0.05, 0) is 54.6 Å². The fraction of sp³-hybridized carbons (Fsp3) is 0.0909. The number of methoxy groups -OCH3 is 1. The molecule has 4 aromatic rings. The molecule has 0 aliphatic carbocycles. The van der Waals surface area contributed by atoms with E-state index in [9.17, 15) is 4.79 Å². The third kappa shape index (κ3) is 5.04. The Kier molecular flexibility index (Phi) is 6.94. The lowest BCUT2D eigenvalue weighted by atomic mass is 10.2. The maximum atomic E-state index is 12.5. The van der Waals surface area contributed by atoms with Crippen molar-refractivity contribution in [1.29, 1.82) is 0 Å². The largest absolute Gasteiger partial charge is 0.497 e. The number of carbonyl (C=O) groups is 1. The molecule has 10 heteroatoms. The number of benzene rings is 2. The molecule has 2 heterocycles. The second kappa shape index (κ2) is 10.0. The van der Waals surface area contributed by atoms with Gasteiger partial charge in [0.25, 0.3) is 0 Å². The zero-order chi connectivity index (χ0) is 22.5. The topological polar surface area (TPSA) is 81.9 Å². The van der Waals surface area contributed by atoms with Gasteiger partial charge in [0.2, 0.25) is 5.91 Å². The Morgan fingerprint density at radius 1 is 1.09 bits per heavy atom. The van der Waals surface area contributed by atoms with Crippen LogP contribution in [0.15, 0.2) is 72.1 Å². The molecule has 4 rings (SSSR count). The fourth-order valence-corrected chi connectivity index (χ4v) is 3.95. The van der Waals surface area contributed by atoms with E-state index < -0.39 is 0 Å². The predicted molar refractivity (Wildman–Crippen MR) is 127 cm³/mol. The lowest BCUT2D eigenvalue weighted by Crippen LogP contribution is -2.14. The highest BCUT2D eigenvalue weighted by Crippen LogP contribution is 2.31. The number of ether oxygens (including phenoxy) is 1. The first-order valence-electron chi connectivity index (χ1n) is 9.43. The number of hydrogen-bond donors (Lipinski definition) is 1. The Morgan fingerprint density at radius 3 is 2.59 bits per heavy atom. The van der Waals surface area contributed by atoms with Crippen LogP contribution in [0.2, 0.25) is 10.0 Å². The zero-order valence-corrected chi connectivity index (χ0v) is 19.2. The average Bonchev–Trinajstić information content (AvgIpc) is 3.24. The van der Waals surface area contributed by atoms with E-state index >= 15 is 0 Å². The third-order valence-corrected chi connectivity index (χ3v) is 6.09. The van der Waals surface area contributed by atoms with Crippen molar-refractivity contribution in [3.05, 3.63) is 77.0 Å². The maximum absolute atomic E-state index is 12.5. The summed E-state index contributed by atoms with van der Waals surface area (Å²) in [7, 11) is 1.59. The highest BCUT2D eigenvalue weighted by atomic mass is 35.5. The Labute approximate surface area is 198 Å². The van der Waals surface area contributed by atoms with Crippen LogP contribution in [0.5, 0.6) is 5.75 Å². The lowest BCUT2D eigenvalue weighted by Gasteiger charge is -2.11. The van der Waals surface area contributed by atoms with Crippen molar-refractivity contribution in [3.8, 4) is 22.8 Å². The van der Waals surface area contributed by atoms with E-state index in [1.807, 2.05) is 22.8 Å². The monoisotopic (exact) mass is 485 g/mol.